The van der Waals surface area contributed by atoms with Crippen molar-refractivity contribution in [3.8, 4) is 0 Å². The molecule has 2 N–H and O–H groups in total. The van der Waals surface area contributed by atoms with E-state index in [1.807, 2.05) is 39.0 Å². The third-order valence-electron chi connectivity index (χ3n) is 2.83. The van der Waals surface area contributed by atoms with E-state index in [9.17, 15) is 4.79 Å². The van der Waals surface area contributed by atoms with E-state index in [0.29, 0.717) is 5.82 Å². The third-order valence-corrected chi connectivity index (χ3v) is 2.83. The van der Waals surface area contributed by atoms with Gasteiger partial charge in [-0.1, -0.05) is 13.0 Å². The summed E-state index contributed by atoms with van der Waals surface area (Å²) >= 11 is 0. The Kier molecular flexibility index (Phi) is 3.41. The van der Waals surface area contributed by atoms with E-state index in [0.717, 1.165) is 17.7 Å². The molecule has 2 aromatic rings. The summed E-state index contributed by atoms with van der Waals surface area (Å²) in [5, 5.41) is 9.38. The van der Waals surface area contributed by atoms with Crippen molar-refractivity contribution in [1.82, 2.24) is 15.2 Å². The van der Waals surface area contributed by atoms with Crippen molar-refractivity contribution in [3.63, 3.8) is 0 Å². The Morgan fingerprint density at radius 2 is 2.11 bits per heavy atom. The van der Waals surface area contributed by atoms with Gasteiger partial charge in [-0.15, -0.1) is 5.10 Å². The second-order valence-electron chi connectivity index (χ2n) is 4.21. The van der Waals surface area contributed by atoms with E-state index < -0.39 is 0 Å². The highest BCUT2D eigenvalue weighted by atomic mass is 16.2. The minimum atomic E-state index is -0.297. The van der Waals surface area contributed by atoms with Crippen LogP contribution in [0.3, 0.4) is 0 Å². The Hall–Kier alpha value is -2.17. The second kappa shape index (κ2) is 5.00. The van der Waals surface area contributed by atoms with E-state index in [2.05, 4.69) is 20.5 Å². The van der Waals surface area contributed by atoms with Gasteiger partial charge in [-0.05, 0) is 37.1 Å². The number of anilines is 1. The molecule has 0 aliphatic rings. The molecule has 0 aliphatic carbocycles. The highest BCUT2D eigenvalue weighted by Gasteiger charge is 2.12. The topological polar surface area (TPSA) is 70.7 Å². The van der Waals surface area contributed by atoms with Gasteiger partial charge < -0.3 is 5.32 Å². The lowest BCUT2D eigenvalue weighted by Gasteiger charge is -2.05. The van der Waals surface area contributed by atoms with Gasteiger partial charge in [-0.25, -0.2) is 4.98 Å². The maximum absolute atomic E-state index is 11.9. The number of hydrogen-bond donors (Lipinski definition) is 2. The molecule has 1 aromatic heterocycles. The summed E-state index contributed by atoms with van der Waals surface area (Å²) in [5.74, 6) is 0.583. The molecule has 0 unspecified atom stereocenters. The number of aromatic amines is 1. The monoisotopic (exact) mass is 244 g/mol. The quantitative estimate of drug-likeness (QED) is 0.869. The van der Waals surface area contributed by atoms with E-state index >= 15 is 0 Å². The first-order valence-electron chi connectivity index (χ1n) is 5.90. The van der Waals surface area contributed by atoms with Crippen molar-refractivity contribution < 1.29 is 4.79 Å². The summed E-state index contributed by atoms with van der Waals surface area (Å²) in [7, 11) is 0. The van der Waals surface area contributed by atoms with Crippen molar-refractivity contribution in [3.05, 3.63) is 41.0 Å². The van der Waals surface area contributed by atoms with Crippen molar-refractivity contribution >= 4 is 11.6 Å². The van der Waals surface area contributed by atoms with Gasteiger partial charge in [0.15, 0.2) is 0 Å². The molecule has 0 bridgehead atoms. The lowest BCUT2D eigenvalue weighted by atomic mass is 10.1. The minimum absolute atomic E-state index is 0.171. The fourth-order valence-electron chi connectivity index (χ4n) is 1.56. The molecule has 0 saturated carbocycles. The van der Waals surface area contributed by atoms with Crippen LogP contribution in [0.4, 0.5) is 5.69 Å². The maximum atomic E-state index is 11.9. The molecule has 0 spiro atoms. The first-order valence-corrected chi connectivity index (χ1v) is 5.90. The summed E-state index contributed by atoms with van der Waals surface area (Å²) in [6, 6.07) is 5.77. The lowest BCUT2D eigenvalue weighted by Crippen LogP contribution is -2.14. The Morgan fingerprint density at radius 1 is 1.33 bits per heavy atom. The largest absolute Gasteiger partial charge is 0.319 e. The highest BCUT2D eigenvalue weighted by molar-refractivity contribution is 6.01. The predicted molar refractivity (Wildman–Crippen MR) is 69.6 cm³/mol. The number of carbonyl (C=O) groups is 1. The molecule has 1 heterocycles. The molecule has 2 rings (SSSR count). The number of nitrogens with one attached hydrogen (secondary N) is 2. The van der Waals surface area contributed by atoms with Crippen LogP contribution in [0.25, 0.3) is 0 Å². The fraction of sp³-hybridized carbons (Fsp3) is 0.308. The zero-order chi connectivity index (χ0) is 13.1. The van der Waals surface area contributed by atoms with Gasteiger partial charge in [-0.2, -0.15) is 0 Å². The minimum Gasteiger partial charge on any atom is -0.319 e. The fourth-order valence-corrected chi connectivity index (χ4v) is 1.56. The smallest absolute Gasteiger partial charge is 0.295 e. The van der Waals surface area contributed by atoms with Crippen molar-refractivity contribution in [2.45, 2.75) is 27.2 Å². The van der Waals surface area contributed by atoms with Crippen LogP contribution in [0.5, 0.6) is 0 Å². The Labute approximate surface area is 106 Å². The van der Waals surface area contributed by atoms with Crippen LogP contribution >= 0.6 is 0 Å². The predicted octanol–water partition coefficient (Wildman–Crippen LogP) is 2.24. The number of H-pyrrole nitrogens is 1. The van der Waals surface area contributed by atoms with Gasteiger partial charge >= 0.3 is 0 Å². The van der Waals surface area contributed by atoms with E-state index in [4.69, 9.17) is 0 Å². The first-order chi connectivity index (χ1) is 8.60. The number of nitrogens with zero attached hydrogens (tertiary/aromatic N) is 2. The number of carbonyl (C=O) groups excluding carboxylic acids is 1. The van der Waals surface area contributed by atoms with Gasteiger partial charge in [0, 0.05) is 12.1 Å². The third kappa shape index (κ3) is 2.56. The van der Waals surface area contributed by atoms with Gasteiger partial charge in [0.25, 0.3) is 5.91 Å². The Bertz CT molecular complexity index is 574. The molecule has 0 radical (unpaired) electrons. The molecular weight excluding hydrogens is 228 g/mol. The van der Waals surface area contributed by atoms with Crippen molar-refractivity contribution in [2.75, 3.05) is 5.32 Å². The Balaban J connectivity index is 2.13. The summed E-state index contributed by atoms with van der Waals surface area (Å²) in [6.45, 7) is 5.99. The molecule has 5 nitrogen and oxygen atoms in total. The zero-order valence-corrected chi connectivity index (χ0v) is 10.7. The normalized spacial score (nSPS) is 10.4. The van der Waals surface area contributed by atoms with E-state index in [1.54, 1.807) is 0 Å². The van der Waals surface area contributed by atoms with E-state index in [-0.39, 0.29) is 11.7 Å². The van der Waals surface area contributed by atoms with Crippen LogP contribution in [-0.4, -0.2) is 21.1 Å². The van der Waals surface area contributed by atoms with Crippen molar-refractivity contribution in [1.29, 1.82) is 0 Å². The number of hydrogen-bond acceptors (Lipinski definition) is 3. The van der Waals surface area contributed by atoms with E-state index in [1.165, 1.54) is 5.56 Å². The molecule has 0 fully saturated rings. The van der Waals surface area contributed by atoms with Gasteiger partial charge in [-0.3, -0.25) is 9.89 Å². The number of aromatic nitrogens is 3. The average Bonchev–Trinajstić information content (AvgIpc) is 2.82. The second-order valence-corrected chi connectivity index (χ2v) is 4.21. The summed E-state index contributed by atoms with van der Waals surface area (Å²) in [4.78, 5) is 16.0. The number of rotatable bonds is 3. The molecule has 1 aromatic carbocycles. The molecule has 1 amide bonds. The highest BCUT2D eigenvalue weighted by Crippen LogP contribution is 2.14. The zero-order valence-electron chi connectivity index (χ0n) is 10.7. The van der Waals surface area contributed by atoms with Crippen molar-refractivity contribution in [2.24, 2.45) is 0 Å². The van der Waals surface area contributed by atoms with Crippen LogP contribution < -0.4 is 5.32 Å². The lowest BCUT2D eigenvalue weighted by molar-refractivity contribution is 0.101. The molecular formula is C13H16N4O. The molecule has 18 heavy (non-hydrogen) atoms. The van der Waals surface area contributed by atoms with Crippen LogP contribution in [-0.2, 0) is 6.42 Å². The molecule has 5 heteroatoms. The first kappa shape index (κ1) is 12.3. The van der Waals surface area contributed by atoms with Crippen LogP contribution in [0, 0.1) is 13.8 Å². The number of aryl methyl sites for hydroxylation is 3. The number of benzene rings is 1. The molecule has 0 saturated heterocycles. The maximum Gasteiger partial charge on any atom is 0.295 e. The molecule has 0 atom stereocenters. The summed E-state index contributed by atoms with van der Waals surface area (Å²) in [6.07, 6.45) is 0.726. The molecule has 0 aliphatic heterocycles. The Morgan fingerprint density at radius 3 is 2.72 bits per heavy atom. The van der Waals surface area contributed by atoms with Gasteiger partial charge in [0.05, 0.1) is 0 Å². The standard InChI is InChI=1S/C13H16N4O/c1-4-11-15-12(17-16-11)13(18)14-10-6-5-8(2)9(3)7-10/h5-7H,4H2,1-3H3,(H,14,18)(H,15,16,17). The summed E-state index contributed by atoms with van der Waals surface area (Å²) in [5.41, 5.74) is 3.09. The van der Waals surface area contributed by atoms with Gasteiger partial charge in [0.2, 0.25) is 5.82 Å². The SMILES string of the molecule is CCc1nc(C(=O)Nc2ccc(C)c(C)c2)n[nH]1. The average molecular weight is 244 g/mol. The molecule has 94 valence electrons. The summed E-state index contributed by atoms with van der Waals surface area (Å²) < 4.78 is 0. The van der Waals surface area contributed by atoms with Crippen LogP contribution in [0.15, 0.2) is 18.2 Å². The van der Waals surface area contributed by atoms with Crippen LogP contribution in [0.1, 0.15) is 34.5 Å². The van der Waals surface area contributed by atoms with Gasteiger partial charge in [0.1, 0.15) is 5.82 Å². The number of amides is 1. The van der Waals surface area contributed by atoms with Crippen LogP contribution in [0.2, 0.25) is 0 Å².